The molecule has 0 spiro atoms. The lowest BCUT2D eigenvalue weighted by atomic mass is 10.0. The average molecular weight is 374 g/mol. The molecule has 0 fully saturated rings. The van der Waals surface area contributed by atoms with Crippen LogP contribution in [0.5, 0.6) is 0 Å². The van der Waals surface area contributed by atoms with Crippen LogP contribution in [-0.2, 0) is 0 Å². The summed E-state index contributed by atoms with van der Waals surface area (Å²) in [6.07, 6.45) is -0.855. The molecule has 2 aromatic rings. The molecule has 0 saturated heterocycles. The number of aryl methyl sites for hydroxylation is 1. The molecule has 0 aliphatic rings. The zero-order valence-electron chi connectivity index (χ0n) is 9.62. The van der Waals surface area contributed by atoms with Gasteiger partial charge in [0.25, 0.3) is 0 Å². The van der Waals surface area contributed by atoms with Gasteiger partial charge in [-0.1, -0.05) is 44.0 Å². The van der Waals surface area contributed by atoms with Gasteiger partial charge in [0.05, 0.1) is 0 Å². The monoisotopic (exact) mass is 372 g/mol. The van der Waals surface area contributed by atoms with Crippen molar-refractivity contribution in [1.29, 1.82) is 0 Å². The second kappa shape index (κ2) is 5.51. The molecule has 0 radical (unpaired) electrons. The normalized spacial score (nSPS) is 12.5. The lowest BCUT2D eigenvalue weighted by molar-refractivity contribution is 0.219. The first-order valence-electron chi connectivity index (χ1n) is 5.38. The summed E-state index contributed by atoms with van der Waals surface area (Å²) in [5.74, 6) is -0.353. The molecule has 2 rings (SSSR count). The van der Waals surface area contributed by atoms with E-state index in [-0.39, 0.29) is 5.82 Å². The van der Waals surface area contributed by atoms with Crippen molar-refractivity contribution >= 4 is 31.9 Å². The largest absolute Gasteiger partial charge is 0.384 e. The number of benzene rings is 2. The maximum atomic E-state index is 13.2. The van der Waals surface area contributed by atoms with Crippen LogP contribution in [0.15, 0.2) is 45.3 Å². The lowest BCUT2D eigenvalue weighted by Crippen LogP contribution is -2.01. The van der Waals surface area contributed by atoms with Crippen LogP contribution >= 0.6 is 31.9 Å². The summed E-state index contributed by atoms with van der Waals surface area (Å²) >= 11 is 6.85. The van der Waals surface area contributed by atoms with Gasteiger partial charge in [-0.3, -0.25) is 0 Å². The molecule has 1 atom stereocenters. The lowest BCUT2D eigenvalue weighted by Gasteiger charge is -2.15. The molecule has 2 aromatic carbocycles. The summed E-state index contributed by atoms with van der Waals surface area (Å²) in [6, 6.07) is 9.75. The van der Waals surface area contributed by atoms with E-state index in [0.29, 0.717) is 11.1 Å². The Morgan fingerprint density at radius 3 is 2.50 bits per heavy atom. The molecule has 0 aliphatic carbocycles. The third kappa shape index (κ3) is 2.82. The SMILES string of the molecule is Cc1cc(Br)c(C(O)c2cccc(F)c2)cc1Br. The molecular weight excluding hydrogens is 363 g/mol. The van der Waals surface area contributed by atoms with E-state index in [9.17, 15) is 9.50 Å². The number of hydrogen-bond acceptors (Lipinski definition) is 1. The third-order valence-corrected chi connectivity index (χ3v) is 4.28. The smallest absolute Gasteiger partial charge is 0.123 e. The highest BCUT2D eigenvalue weighted by Gasteiger charge is 2.15. The van der Waals surface area contributed by atoms with Crippen LogP contribution < -0.4 is 0 Å². The quantitative estimate of drug-likeness (QED) is 0.805. The van der Waals surface area contributed by atoms with Crippen molar-refractivity contribution in [3.8, 4) is 0 Å². The van der Waals surface area contributed by atoms with Crippen molar-refractivity contribution in [2.24, 2.45) is 0 Å². The Bertz CT molecular complexity index is 584. The zero-order valence-corrected chi connectivity index (χ0v) is 12.8. The number of hydrogen-bond donors (Lipinski definition) is 1. The zero-order chi connectivity index (χ0) is 13.3. The Morgan fingerprint density at radius 2 is 1.83 bits per heavy atom. The fourth-order valence-electron chi connectivity index (χ4n) is 1.73. The number of aliphatic hydroxyl groups is 1. The fourth-order valence-corrected chi connectivity index (χ4v) is 2.76. The van der Waals surface area contributed by atoms with Gasteiger partial charge in [0, 0.05) is 14.5 Å². The van der Waals surface area contributed by atoms with Gasteiger partial charge in [0.15, 0.2) is 0 Å². The number of rotatable bonds is 2. The Labute approximate surface area is 122 Å². The standard InChI is InChI=1S/C14H11Br2FO/c1-8-5-13(16)11(7-12(8)15)14(18)9-3-2-4-10(17)6-9/h2-7,14,18H,1H3. The molecule has 94 valence electrons. The van der Waals surface area contributed by atoms with Crippen LogP contribution in [0.3, 0.4) is 0 Å². The van der Waals surface area contributed by atoms with Crippen molar-refractivity contribution in [2.45, 2.75) is 13.0 Å². The van der Waals surface area contributed by atoms with Crippen molar-refractivity contribution in [1.82, 2.24) is 0 Å². The van der Waals surface area contributed by atoms with Gasteiger partial charge in [-0.25, -0.2) is 4.39 Å². The van der Waals surface area contributed by atoms with Gasteiger partial charge in [-0.15, -0.1) is 0 Å². The molecule has 0 aromatic heterocycles. The van der Waals surface area contributed by atoms with Gasteiger partial charge in [-0.05, 0) is 42.3 Å². The van der Waals surface area contributed by atoms with Crippen LogP contribution in [0.25, 0.3) is 0 Å². The number of halogens is 3. The molecular formula is C14H11Br2FO. The molecule has 4 heteroatoms. The van der Waals surface area contributed by atoms with E-state index < -0.39 is 6.10 Å². The molecule has 0 heterocycles. The molecule has 0 amide bonds. The predicted octanol–water partition coefficient (Wildman–Crippen LogP) is 4.74. The van der Waals surface area contributed by atoms with E-state index in [2.05, 4.69) is 31.9 Å². The third-order valence-electron chi connectivity index (χ3n) is 2.74. The summed E-state index contributed by atoms with van der Waals surface area (Å²) in [5.41, 5.74) is 2.31. The molecule has 1 nitrogen and oxygen atoms in total. The van der Waals surface area contributed by atoms with E-state index in [1.54, 1.807) is 12.1 Å². The molecule has 0 saturated carbocycles. The van der Waals surface area contributed by atoms with Crippen LogP contribution in [0, 0.1) is 12.7 Å². The van der Waals surface area contributed by atoms with E-state index >= 15 is 0 Å². The first-order chi connectivity index (χ1) is 8.49. The van der Waals surface area contributed by atoms with E-state index in [0.717, 1.165) is 14.5 Å². The maximum Gasteiger partial charge on any atom is 0.123 e. The van der Waals surface area contributed by atoms with E-state index in [1.807, 2.05) is 19.1 Å². The van der Waals surface area contributed by atoms with Gasteiger partial charge in [0.1, 0.15) is 11.9 Å². The summed E-state index contributed by atoms with van der Waals surface area (Å²) in [5, 5.41) is 10.3. The van der Waals surface area contributed by atoms with Crippen molar-refractivity contribution in [2.75, 3.05) is 0 Å². The highest BCUT2D eigenvalue weighted by Crippen LogP contribution is 2.33. The summed E-state index contributed by atoms with van der Waals surface area (Å²) < 4.78 is 14.9. The minimum absolute atomic E-state index is 0.353. The van der Waals surface area contributed by atoms with Crippen LogP contribution in [0.2, 0.25) is 0 Å². The predicted molar refractivity (Wildman–Crippen MR) is 77.0 cm³/mol. The van der Waals surface area contributed by atoms with Gasteiger partial charge in [-0.2, -0.15) is 0 Å². The minimum atomic E-state index is -0.855. The van der Waals surface area contributed by atoms with Crippen LogP contribution in [0.1, 0.15) is 22.8 Å². The summed E-state index contributed by atoms with van der Waals surface area (Å²) in [7, 11) is 0. The molecule has 1 N–H and O–H groups in total. The first kappa shape index (κ1) is 13.7. The Hall–Kier alpha value is -0.710. The van der Waals surface area contributed by atoms with Crippen molar-refractivity contribution in [3.63, 3.8) is 0 Å². The topological polar surface area (TPSA) is 20.2 Å². The van der Waals surface area contributed by atoms with Crippen molar-refractivity contribution < 1.29 is 9.50 Å². The summed E-state index contributed by atoms with van der Waals surface area (Å²) in [6.45, 7) is 1.97. The summed E-state index contributed by atoms with van der Waals surface area (Å²) in [4.78, 5) is 0. The van der Waals surface area contributed by atoms with Crippen molar-refractivity contribution in [3.05, 3.63) is 67.9 Å². The highest BCUT2D eigenvalue weighted by molar-refractivity contribution is 9.11. The molecule has 0 bridgehead atoms. The Morgan fingerprint density at radius 1 is 1.11 bits per heavy atom. The molecule has 0 aliphatic heterocycles. The van der Waals surface area contributed by atoms with E-state index in [1.165, 1.54) is 12.1 Å². The maximum absolute atomic E-state index is 13.2. The highest BCUT2D eigenvalue weighted by atomic mass is 79.9. The Balaban J connectivity index is 2.46. The second-order valence-electron chi connectivity index (χ2n) is 4.08. The first-order valence-corrected chi connectivity index (χ1v) is 6.96. The average Bonchev–Trinajstić information content (AvgIpc) is 2.33. The van der Waals surface area contributed by atoms with Gasteiger partial charge in [0.2, 0.25) is 0 Å². The van der Waals surface area contributed by atoms with E-state index in [4.69, 9.17) is 0 Å². The molecule has 1 unspecified atom stereocenters. The van der Waals surface area contributed by atoms with Crippen LogP contribution in [-0.4, -0.2) is 5.11 Å². The van der Waals surface area contributed by atoms with Gasteiger partial charge < -0.3 is 5.11 Å². The minimum Gasteiger partial charge on any atom is -0.384 e. The molecule has 18 heavy (non-hydrogen) atoms. The van der Waals surface area contributed by atoms with Crippen LogP contribution in [0.4, 0.5) is 4.39 Å². The fraction of sp³-hybridized carbons (Fsp3) is 0.143. The Kier molecular flexibility index (Phi) is 4.20. The van der Waals surface area contributed by atoms with Gasteiger partial charge >= 0.3 is 0 Å². The number of aliphatic hydroxyl groups excluding tert-OH is 1. The second-order valence-corrected chi connectivity index (χ2v) is 5.79.